The smallest absolute Gasteiger partial charge is 0.316 e. The quantitative estimate of drug-likeness (QED) is 0.386. The molecule has 5 aromatic rings. The molecule has 0 unspecified atom stereocenters. The molecule has 0 spiro atoms. The number of hydrogen-bond donors (Lipinski definition) is 1. The van der Waals surface area contributed by atoms with Crippen molar-refractivity contribution in [2.45, 2.75) is 19.4 Å². The van der Waals surface area contributed by atoms with Crippen LogP contribution in [0.15, 0.2) is 69.6 Å². The van der Waals surface area contributed by atoms with Crippen molar-refractivity contribution in [3.63, 3.8) is 0 Å². The Morgan fingerprint density at radius 3 is 2.78 bits per heavy atom. The molecule has 1 atom stereocenters. The van der Waals surface area contributed by atoms with Gasteiger partial charge in [0.25, 0.3) is 5.56 Å². The summed E-state index contributed by atoms with van der Waals surface area (Å²) in [5.41, 5.74) is 3.40. The molecule has 0 aliphatic carbocycles. The molecule has 0 amide bonds. The lowest BCUT2D eigenvalue weighted by Crippen LogP contribution is -2.26. The molecular weight excluding hydrogens is 460 g/mol. The van der Waals surface area contributed by atoms with Crippen LogP contribution in [0.1, 0.15) is 24.4 Å². The molecule has 0 saturated carbocycles. The highest BCUT2D eigenvalue weighted by molar-refractivity contribution is 5.96. The van der Waals surface area contributed by atoms with E-state index in [1.54, 1.807) is 29.2 Å². The molecule has 0 fully saturated rings. The van der Waals surface area contributed by atoms with Crippen LogP contribution in [0.25, 0.3) is 27.7 Å². The lowest BCUT2D eigenvalue weighted by atomic mass is 9.99. The highest BCUT2D eigenvalue weighted by Gasteiger charge is 2.22. The summed E-state index contributed by atoms with van der Waals surface area (Å²) < 4.78 is 11.7. The summed E-state index contributed by atoms with van der Waals surface area (Å²) >= 11 is 0. The molecule has 0 saturated heterocycles. The molecule has 178 valence electrons. The molecule has 1 N–H and O–H groups in total. The van der Waals surface area contributed by atoms with Crippen LogP contribution in [0.2, 0.25) is 0 Å². The summed E-state index contributed by atoms with van der Waals surface area (Å²) in [6.07, 6.45) is 8.68. The average molecular weight is 480 g/mol. The van der Waals surface area contributed by atoms with Crippen molar-refractivity contribution in [3.05, 3.63) is 77.1 Å². The third-order valence-electron chi connectivity index (χ3n) is 6.05. The first-order valence-corrected chi connectivity index (χ1v) is 11.2. The fraction of sp³-hybridized carbons (Fsp3) is 0.160. The van der Waals surface area contributed by atoms with Crippen molar-refractivity contribution < 1.29 is 9.26 Å². The number of methoxy groups -OCH3 is 1. The van der Waals surface area contributed by atoms with Gasteiger partial charge in [-0.05, 0) is 23.9 Å². The minimum Gasteiger partial charge on any atom is -0.467 e. The summed E-state index contributed by atoms with van der Waals surface area (Å²) in [6.45, 7) is 1.95. The third-order valence-corrected chi connectivity index (χ3v) is 6.05. The lowest BCUT2D eigenvalue weighted by molar-refractivity contribution is 0.380. The fourth-order valence-corrected chi connectivity index (χ4v) is 4.37. The average Bonchev–Trinajstić information content (AvgIpc) is 3.61. The third kappa shape index (κ3) is 3.57. The maximum atomic E-state index is 14.0. The Bertz CT molecular complexity index is 1660. The van der Waals surface area contributed by atoms with E-state index in [-0.39, 0.29) is 17.6 Å². The van der Waals surface area contributed by atoms with Gasteiger partial charge < -0.3 is 14.6 Å². The maximum Gasteiger partial charge on any atom is 0.316 e. The Morgan fingerprint density at radius 1 is 1.14 bits per heavy atom. The van der Waals surface area contributed by atoms with Gasteiger partial charge in [-0.2, -0.15) is 0 Å². The SMILES string of the molecule is COc1ncc(-c2cccc3cc([C@H](C)Nc4ncnc5c4N=CC5)n(-c4ccon4)c(=O)c23)cn1. The Morgan fingerprint density at radius 2 is 2.00 bits per heavy atom. The van der Waals surface area contributed by atoms with Gasteiger partial charge in [0.2, 0.25) is 0 Å². The van der Waals surface area contributed by atoms with E-state index in [0.717, 1.165) is 11.1 Å². The summed E-state index contributed by atoms with van der Waals surface area (Å²) in [4.78, 5) is 35.5. The van der Waals surface area contributed by atoms with Crippen LogP contribution >= 0.6 is 0 Å². The number of rotatable bonds is 6. The molecule has 5 heterocycles. The highest BCUT2D eigenvalue weighted by Crippen LogP contribution is 2.33. The van der Waals surface area contributed by atoms with E-state index in [1.165, 1.54) is 19.7 Å². The zero-order chi connectivity index (χ0) is 24.6. The molecule has 1 aliphatic rings. The van der Waals surface area contributed by atoms with Crippen molar-refractivity contribution in [3.8, 4) is 23.0 Å². The molecule has 6 rings (SSSR count). The number of nitrogens with one attached hydrogen (secondary N) is 1. The van der Waals surface area contributed by atoms with Gasteiger partial charge in [-0.25, -0.2) is 19.9 Å². The first-order valence-electron chi connectivity index (χ1n) is 11.2. The van der Waals surface area contributed by atoms with E-state index in [4.69, 9.17) is 9.26 Å². The molecule has 0 radical (unpaired) electrons. The van der Waals surface area contributed by atoms with Gasteiger partial charge in [-0.1, -0.05) is 23.4 Å². The van der Waals surface area contributed by atoms with Crippen molar-refractivity contribution in [2.24, 2.45) is 4.99 Å². The van der Waals surface area contributed by atoms with Gasteiger partial charge in [0, 0.05) is 36.7 Å². The summed E-state index contributed by atoms with van der Waals surface area (Å²) in [6, 6.07) is 9.20. The Balaban J connectivity index is 1.53. The largest absolute Gasteiger partial charge is 0.467 e. The Kier molecular flexibility index (Phi) is 5.21. The number of hydrogen-bond acceptors (Lipinski definition) is 10. The van der Waals surface area contributed by atoms with E-state index < -0.39 is 0 Å². The second-order valence-corrected chi connectivity index (χ2v) is 8.20. The molecule has 1 aliphatic heterocycles. The van der Waals surface area contributed by atoms with Crippen LogP contribution in [-0.4, -0.2) is 43.0 Å². The standard InChI is InChI=1S/C25H20N8O3/c1-14(31-23-22-18(6-8-26-22)29-13-30-23)19-10-15-4-3-5-17(16-11-27-25(35-2)28-12-16)21(15)24(34)33(19)20-7-9-36-32-20/h3-5,7-14H,6H2,1-2H3,(H,29,30,31)/t14-/m0/s1. The van der Waals surface area contributed by atoms with Crippen molar-refractivity contribution in [1.82, 2.24) is 29.7 Å². The number of nitrogens with zero attached hydrogens (tertiary/aromatic N) is 7. The van der Waals surface area contributed by atoms with E-state index in [9.17, 15) is 4.79 Å². The second-order valence-electron chi connectivity index (χ2n) is 8.20. The van der Waals surface area contributed by atoms with E-state index in [0.29, 0.717) is 46.0 Å². The van der Waals surface area contributed by atoms with Crippen LogP contribution in [0.3, 0.4) is 0 Å². The van der Waals surface area contributed by atoms with Crippen LogP contribution in [0.5, 0.6) is 6.01 Å². The molecule has 36 heavy (non-hydrogen) atoms. The van der Waals surface area contributed by atoms with Gasteiger partial charge in [0.1, 0.15) is 18.3 Å². The van der Waals surface area contributed by atoms with E-state index in [2.05, 4.69) is 35.4 Å². The zero-order valence-corrected chi connectivity index (χ0v) is 19.4. The number of aliphatic imine (C=N–C) groups is 1. The van der Waals surface area contributed by atoms with Gasteiger partial charge in [-0.15, -0.1) is 0 Å². The van der Waals surface area contributed by atoms with Gasteiger partial charge in [0.15, 0.2) is 11.6 Å². The summed E-state index contributed by atoms with van der Waals surface area (Å²) in [7, 11) is 1.50. The first kappa shape index (κ1) is 21.6. The summed E-state index contributed by atoms with van der Waals surface area (Å²) in [5, 5.41) is 8.73. The topological polar surface area (TPSA) is 133 Å². The number of pyridine rings is 1. The van der Waals surface area contributed by atoms with Gasteiger partial charge in [-0.3, -0.25) is 14.4 Å². The maximum absolute atomic E-state index is 14.0. The van der Waals surface area contributed by atoms with Crippen LogP contribution in [-0.2, 0) is 6.42 Å². The molecule has 4 aromatic heterocycles. The summed E-state index contributed by atoms with van der Waals surface area (Å²) in [5.74, 6) is 0.974. The predicted octanol–water partition coefficient (Wildman–Crippen LogP) is 3.67. The lowest BCUT2D eigenvalue weighted by Gasteiger charge is -2.21. The van der Waals surface area contributed by atoms with Gasteiger partial charge in [0.05, 0.1) is 29.9 Å². The molecule has 11 heteroatoms. The monoisotopic (exact) mass is 480 g/mol. The Labute approximate surface area is 204 Å². The van der Waals surface area contributed by atoms with Crippen molar-refractivity contribution in [1.29, 1.82) is 0 Å². The minimum absolute atomic E-state index is 0.248. The number of aromatic nitrogens is 6. The Hall–Kier alpha value is -4.93. The first-order chi connectivity index (χ1) is 17.6. The number of ether oxygens (including phenoxy) is 1. The number of anilines is 1. The minimum atomic E-state index is -0.332. The molecular formula is C25H20N8O3. The van der Waals surface area contributed by atoms with Crippen molar-refractivity contribution in [2.75, 3.05) is 12.4 Å². The number of benzene rings is 1. The highest BCUT2D eigenvalue weighted by atomic mass is 16.5. The normalized spacial score (nSPS) is 13.1. The zero-order valence-electron chi connectivity index (χ0n) is 19.4. The predicted molar refractivity (Wildman–Crippen MR) is 133 cm³/mol. The van der Waals surface area contributed by atoms with Crippen LogP contribution in [0.4, 0.5) is 11.5 Å². The number of fused-ring (bicyclic) bond motifs is 2. The second kappa shape index (κ2) is 8.69. The van der Waals surface area contributed by atoms with E-state index >= 15 is 0 Å². The van der Waals surface area contributed by atoms with Crippen LogP contribution < -0.4 is 15.6 Å². The van der Waals surface area contributed by atoms with Crippen LogP contribution in [0, 0.1) is 0 Å². The molecule has 11 nitrogen and oxygen atoms in total. The fourth-order valence-electron chi connectivity index (χ4n) is 4.37. The van der Waals surface area contributed by atoms with Crippen molar-refractivity contribution >= 4 is 28.5 Å². The van der Waals surface area contributed by atoms with Gasteiger partial charge >= 0.3 is 6.01 Å². The molecule has 1 aromatic carbocycles. The van der Waals surface area contributed by atoms with E-state index in [1.807, 2.05) is 31.2 Å². The molecule has 0 bridgehead atoms.